The molecule has 0 aliphatic heterocycles. The third-order valence-corrected chi connectivity index (χ3v) is 4.46. The van der Waals surface area contributed by atoms with Gasteiger partial charge in [-0.3, -0.25) is 9.59 Å². The Morgan fingerprint density at radius 3 is 1.46 bits per heavy atom. The predicted octanol–water partition coefficient (Wildman–Crippen LogP) is 6.38. The summed E-state index contributed by atoms with van der Waals surface area (Å²) in [5, 5.41) is 0. The molecule has 0 atom stereocenters. The Morgan fingerprint density at radius 1 is 0.625 bits per heavy atom. The number of esters is 1. The fourth-order valence-corrected chi connectivity index (χ4v) is 2.98. The Balaban J connectivity index is 3.17. The van der Waals surface area contributed by atoms with Crippen molar-refractivity contribution < 1.29 is 14.3 Å². The normalized spacial score (nSPS) is 10.8. The van der Waals surface area contributed by atoms with Gasteiger partial charge in [0.05, 0.1) is 6.61 Å². The molecule has 0 fully saturated rings. The molecule has 0 unspecified atom stereocenters. The van der Waals surface area contributed by atoms with Gasteiger partial charge in [0, 0.05) is 6.42 Å². The lowest BCUT2D eigenvalue weighted by atomic mass is 10.0. The summed E-state index contributed by atoms with van der Waals surface area (Å²) in [5.41, 5.74) is 0. The highest BCUT2D eigenvalue weighted by atomic mass is 16.5. The van der Waals surface area contributed by atoms with Crippen LogP contribution in [0.15, 0.2) is 0 Å². The second-order valence-electron chi connectivity index (χ2n) is 6.87. The Kier molecular flexibility index (Phi) is 17.8. The van der Waals surface area contributed by atoms with E-state index in [1.165, 1.54) is 77.0 Å². The third kappa shape index (κ3) is 17.5. The van der Waals surface area contributed by atoms with Crippen molar-refractivity contribution in [3.05, 3.63) is 0 Å². The molecule has 0 N–H and O–H groups in total. The standard InChI is InChI=1S/C21H40O3/c1-3-5-6-7-8-9-10-11-12-13-14-15-16-17-18-20(22)19-21(23)24-4-2/h3-19H2,1-2H3. The van der Waals surface area contributed by atoms with Crippen LogP contribution >= 0.6 is 0 Å². The van der Waals surface area contributed by atoms with Gasteiger partial charge in [-0.15, -0.1) is 0 Å². The molecule has 0 bridgehead atoms. The van der Waals surface area contributed by atoms with Gasteiger partial charge in [-0.2, -0.15) is 0 Å². The number of unbranched alkanes of at least 4 members (excludes halogenated alkanes) is 13. The number of carbonyl (C=O) groups is 2. The molecule has 142 valence electrons. The maximum absolute atomic E-state index is 11.5. The summed E-state index contributed by atoms with van der Waals surface area (Å²) in [6.07, 6.45) is 18.8. The van der Waals surface area contributed by atoms with E-state index in [-0.39, 0.29) is 18.2 Å². The molecule has 0 spiro atoms. The molecular formula is C21H40O3. The molecular weight excluding hydrogens is 300 g/mol. The van der Waals surface area contributed by atoms with E-state index in [9.17, 15) is 9.59 Å². The molecule has 0 saturated heterocycles. The summed E-state index contributed by atoms with van der Waals surface area (Å²) < 4.78 is 4.78. The van der Waals surface area contributed by atoms with E-state index in [4.69, 9.17) is 4.74 Å². The van der Waals surface area contributed by atoms with E-state index < -0.39 is 0 Å². The summed E-state index contributed by atoms with van der Waals surface area (Å²) in [4.78, 5) is 22.7. The van der Waals surface area contributed by atoms with Crippen molar-refractivity contribution in [1.29, 1.82) is 0 Å². The highest BCUT2D eigenvalue weighted by Crippen LogP contribution is 2.13. The molecule has 0 aromatic heterocycles. The third-order valence-electron chi connectivity index (χ3n) is 4.46. The molecule has 0 radical (unpaired) electrons. The quantitative estimate of drug-likeness (QED) is 0.165. The molecule has 0 aromatic rings. The second-order valence-corrected chi connectivity index (χ2v) is 6.87. The van der Waals surface area contributed by atoms with Gasteiger partial charge in [0.25, 0.3) is 0 Å². The number of carbonyl (C=O) groups excluding carboxylic acids is 2. The molecule has 0 aromatic carbocycles. The Bertz CT molecular complexity index is 299. The Labute approximate surface area is 149 Å². The molecule has 24 heavy (non-hydrogen) atoms. The predicted molar refractivity (Wildman–Crippen MR) is 101 cm³/mol. The second kappa shape index (κ2) is 18.5. The van der Waals surface area contributed by atoms with Crippen LogP contribution in [0.2, 0.25) is 0 Å². The van der Waals surface area contributed by atoms with Crippen molar-refractivity contribution in [1.82, 2.24) is 0 Å². The van der Waals surface area contributed by atoms with E-state index in [1.54, 1.807) is 6.92 Å². The zero-order valence-corrected chi connectivity index (χ0v) is 16.2. The summed E-state index contributed by atoms with van der Waals surface area (Å²) in [6.45, 7) is 4.38. The summed E-state index contributed by atoms with van der Waals surface area (Å²) in [5.74, 6) is -0.361. The van der Waals surface area contributed by atoms with Gasteiger partial charge in [-0.25, -0.2) is 0 Å². The zero-order chi connectivity index (χ0) is 17.9. The van der Waals surface area contributed by atoms with Crippen LogP contribution in [0.5, 0.6) is 0 Å². The van der Waals surface area contributed by atoms with Crippen LogP contribution in [0.1, 0.15) is 117 Å². The molecule has 0 rings (SSSR count). The van der Waals surface area contributed by atoms with Gasteiger partial charge >= 0.3 is 5.97 Å². The van der Waals surface area contributed by atoms with Crippen LogP contribution in [0.25, 0.3) is 0 Å². The number of Topliss-reactive ketones (excluding diaryl/α,β-unsaturated/α-hetero) is 1. The fraction of sp³-hybridized carbons (Fsp3) is 0.905. The van der Waals surface area contributed by atoms with Crippen molar-refractivity contribution in [3.63, 3.8) is 0 Å². The van der Waals surface area contributed by atoms with Gasteiger partial charge in [-0.05, 0) is 13.3 Å². The zero-order valence-electron chi connectivity index (χ0n) is 16.2. The number of hydrogen-bond acceptors (Lipinski definition) is 3. The number of rotatable bonds is 18. The summed E-state index contributed by atoms with van der Waals surface area (Å²) in [6, 6.07) is 0. The van der Waals surface area contributed by atoms with E-state index in [1.807, 2.05) is 0 Å². The lowest BCUT2D eigenvalue weighted by molar-refractivity contribution is -0.145. The van der Waals surface area contributed by atoms with Gasteiger partial charge < -0.3 is 4.74 Å². The van der Waals surface area contributed by atoms with E-state index >= 15 is 0 Å². The minimum Gasteiger partial charge on any atom is -0.466 e. The van der Waals surface area contributed by atoms with Crippen LogP contribution in [-0.2, 0) is 14.3 Å². The first-order chi connectivity index (χ1) is 11.7. The van der Waals surface area contributed by atoms with Crippen molar-refractivity contribution in [2.75, 3.05) is 6.61 Å². The minimum atomic E-state index is -0.382. The smallest absolute Gasteiger partial charge is 0.313 e. The maximum atomic E-state index is 11.5. The van der Waals surface area contributed by atoms with Gasteiger partial charge in [0.1, 0.15) is 12.2 Å². The molecule has 0 amide bonds. The summed E-state index contributed by atoms with van der Waals surface area (Å²) >= 11 is 0. The van der Waals surface area contributed by atoms with Gasteiger partial charge in [-0.1, -0.05) is 90.4 Å². The highest BCUT2D eigenvalue weighted by molar-refractivity contribution is 5.95. The lowest BCUT2D eigenvalue weighted by Gasteiger charge is -2.03. The Morgan fingerprint density at radius 2 is 1.04 bits per heavy atom. The average Bonchev–Trinajstić information content (AvgIpc) is 2.55. The first-order valence-electron chi connectivity index (χ1n) is 10.4. The molecule has 0 saturated carbocycles. The van der Waals surface area contributed by atoms with Crippen molar-refractivity contribution in [2.45, 2.75) is 117 Å². The first kappa shape index (κ1) is 23.1. The molecule has 0 aliphatic rings. The Hall–Kier alpha value is -0.860. The summed E-state index contributed by atoms with van der Waals surface area (Å²) in [7, 11) is 0. The molecule has 3 heteroatoms. The molecule has 0 heterocycles. The van der Waals surface area contributed by atoms with Crippen molar-refractivity contribution in [2.24, 2.45) is 0 Å². The van der Waals surface area contributed by atoms with E-state index in [2.05, 4.69) is 6.92 Å². The highest BCUT2D eigenvalue weighted by Gasteiger charge is 2.09. The first-order valence-corrected chi connectivity index (χ1v) is 10.4. The minimum absolute atomic E-state index is 0.0207. The number of ether oxygens (including phenoxy) is 1. The van der Waals surface area contributed by atoms with Crippen LogP contribution in [0, 0.1) is 0 Å². The van der Waals surface area contributed by atoms with Crippen LogP contribution in [-0.4, -0.2) is 18.4 Å². The van der Waals surface area contributed by atoms with E-state index in [0.29, 0.717) is 13.0 Å². The SMILES string of the molecule is CCCCCCCCCCCCCCCCC(=O)CC(=O)OCC. The topological polar surface area (TPSA) is 43.4 Å². The average molecular weight is 341 g/mol. The number of hydrogen-bond donors (Lipinski definition) is 0. The largest absolute Gasteiger partial charge is 0.466 e. The van der Waals surface area contributed by atoms with Crippen LogP contribution in [0.3, 0.4) is 0 Å². The fourth-order valence-electron chi connectivity index (χ4n) is 2.98. The molecule has 3 nitrogen and oxygen atoms in total. The van der Waals surface area contributed by atoms with Crippen LogP contribution < -0.4 is 0 Å². The van der Waals surface area contributed by atoms with E-state index in [0.717, 1.165) is 12.8 Å². The maximum Gasteiger partial charge on any atom is 0.313 e. The number of ketones is 1. The van der Waals surface area contributed by atoms with Gasteiger partial charge in [0.2, 0.25) is 0 Å². The molecule has 0 aliphatic carbocycles. The lowest BCUT2D eigenvalue weighted by Crippen LogP contribution is -2.10. The van der Waals surface area contributed by atoms with Crippen LogP contribution in [0.4, 0.5) is 0 Å². The van der Waals surface area contributed by atoms with Crippen molar-refractivity contribution in [3.8, 4) is 0 Å². The van der Waals surface area contributed by atoms with Crippen molar-refractivity contribution >= 4 is 11.8 Å². The van der Waals surface area contributed by atoms with Gasteiger partial charge in [0.15, 0.2) is 0 Å². The monoisotopic (exact) mass is 340 g/mol.